The van der Waals surface area contributed by atoms with Gasteiger partial charge in [0.1, 0.15) is 5.75 Å². The standard InChI is InChI=1S/C18H25NO3/c20-15-8-6-13(7-9-15)10-18(22)19-12-16(21)11-17(19)14-4-2-1-3-5-14/h6-9,14,16-17,20-21H,1-5,10-12H2/t16-,17-/m1/s1. The number of rotatable bonds is 3. The molecular weight excluding hydrogens is 278 g/mol. The van der Waals surface area contributed by atoms with Gasteiger partial charge in [-0.15, -0.1) is 0 Å². The molecule has 2 aliphatic rings. The molecule has 0 bridgehead atoms. The number of aliphatic hydroxyl groups excluding tert-OH is 1. The lowest BCUT2D eigenvalue weighted by Crippen LogP contribution is -2.41. The fourth-order valence-electron chi connectivity index (χ4n) is 3.99. The number of nitrogens with zero attached hydrogens (tertiary/aromatic N) is 1. The molecule has 120 valence electrons. The van der Waals surface area contributed by atoms with Crippen LogP contribution in [0.1, 0.15) is 44.1 Å². The van der Waals surface area contributed by atoms with Gasteiger partial charge in [-0.2, -0.15) is 0 Å². The third-order valence-corrected chi connectivity index (χ3v) is 5.13. The Morgan fingerprint density at radius 3 is 2.50 bits per heavy atom. The van der Waals surface area contributed by atoms with Crippen LogP contribution in [0.5, 0.6) is 5.75 Å². The number of phenols is 1. The first kappa shape index (κ1) is 15.3. The molecule has 1 saturated carbocycles. The summed E-state index contributed by atoms with van der Waals surface area (Å²) in [7, 11) is 0. The second-order valence-electron chi connectivity index (χ2n) is 6.74. The summed E-state index contributed by atoms with van der Waals surface area (Å²) in [4.78, 5) is 14.6. The smallest absolute Gasteiger partial charge is 0.227 e. The number of aromatic hydroxyl groups is 1. The molecule has 1 aliphatic carbocycles. The molecule has 4 heteroatoms. The van der Waals surface area contributed by atoms with Gasteiger partial charge in [-0.3, -0.25) is 4.79 Å². The topological polar surface area (TPSA) is 60.8 Å². The Hall–Kier alpha value is -1.55. The SMILES string of the molecule is O=C(Cc1ccc(O)cc1)N1C[C@H](O)C[C@@H]1C1CCCCC1. The number of hydrogen-bond acceptors (Lipinski definition) is 3. The van der Waals surface area contributed by atoms with Crippen molar-refractivity contribution in [2.75, 3.05) is 6.54 Å². The van der Waals surface area contributed by atoms with E-state index < -0.39 is 0 Å². The van der Waals surface area contributed by atoms with E-state index in [1.165, 1.54) is 32.1 Å². The highest BCUT2D eigenvalue weighted by atomic mass is 16.3. The average Bonchev–Trinajstić information content (AvgIpc) is 2.92. The van der Waals surface area contributed by atoms with E-state index in [1.54, 1.807) is 24.3 Å². The van der Waals surface area contributed by atoms with Crippen LogP contribution in [0.2, 0.25) is 0 Å². The minimum atomic E-state index is -0.379. The zero-order chi connectivity index (χ0) is 15.5. The lowest BCUT2D eigenvalue weighted by Gasteiger charge is -2.34. The van der Waals surface area contributed by atoms with Crippen LogP contribution in [0.15, 0.2) is 24.3 Å². The highest BCUT2D eigenvalue weighted by Crippen LogP contribution is 2.34. The highest BCUT2D eigenvalue weighted by Gasteiger charge is 2.38. The van der Waals surface area contributed by atoms with Gasteiger partial charge in [-0.05, 0) is 42.9 Å². The second-order valence-corrected chi connectivity index (χ2v) is 6.74. The normalized spacial score (nSPS) is 26.3. The quantitative estimate of drug-likeness (QED) is 0.902. The minimum Gasteiger partial charge on any atom is -0.508 e. The van der Waals surface area contributed by atoms with Crippen molar-refractivity contribution in [1.29, 1.82) is 0 Å². The van der Waals surface area contributed by atoms with Gasteiger partial charge in [-0.25, -0.2) is 0 Å². The van der Waals surface area contributed by atoms with Gasteiger partial charge < -0.3 is 15.1 Å². The summed E-state index contributed by atoms with van der Waals surface area (Å²) in [5.74, 6) is 0.861. The maximum atomic E-state index is 12.7. The predicted molar refractivity (Wildman–Crippen MR) is 84.5 cm³/mol. The monoisotopic (exact) mass is 303 g/mol. The fraction of sp³-hybridized carbons (Fsp3) is 0.611. The van der Waals surface area contributed by atoms with Gasteiger partial charge >= 0.3 is 0 Å². The van der Waals surface area contributed by atoms with Crippen molar-refractivity contribution in [1.82, 2.24) is 4.90 Å². The van der Waals surface area contributed by atoms with Crippen LogP contribution in [0.25, 0.3) is 0 Å². The lowest BCUT2D eigenvalue weighted by molar-refractivity contribution is -0.132. The van der Waals surface area contributed by atoms with Crippen LogP contribution >= 0.6 is 0 Å². The molecule has 3 rings (SSSR count). The maximum Gasteiger partial charge on any atom is 0.227 e. The van der Waals surface area contributed by atoms with E-state index in [9.17, 15) is 15.0 Å². The Morgan fingerprint density at radius 2 is 1.82 bits per heavy atom. The van der Waals surface area contributed by atoms with Crippen molar-refractivity contribution in [3.8, 4) is 5.75 Å². The van der Waals surface area contributed by atoms with E-state index in [4.69, 9.17) is 0 Å². The van der Waals surface area contributed by atoms with E-state index >= 15 is 0 Å². The van der Waals surface area contributed by atoms with Crippen molar-refractivity contribution >= 4 is 5.91 Å². The number of phenolic OH excluding ortho intramolecular Hbond substituents is 1. The molecule has 2 N–H and O–H groups in total. The van der Waals surface area contributed by atoms with E-state index in [0.717, 1.165) is 12.0 Å². The Labute approximate surface area is 131 Å². The molecule has 1 saturated heterocycles. The zero-order valence-electron chi connectivity index (χ0n) is 12.9. The summed E-state index contributed by atoms with van der Waals surface area (Å²) in [6, 6.07) is 7.00. The third-order valence-electron chi connectivity index (χ3n) is 5.13. The first-order chi connectivity index (χ1) is 10.6. The van der Waals surface area contributed by atoms with Crippen LogP contribution < -0.4 is 0 Å². The summed E-state index contributed by atoms with van der Waals surface area (Å²) < 4.78 is 0. The largest absolute Gasteiger partial charge is 0.508 e. The lowest BCUT2D eigenvalue weighted by atomic mass is 9.82. The van der Waals surface area contributed by atoms with Gasteiger partial charge in [0.05, 0.1) is 12.5 Å². The Morgan fingerprint density at radius 1 is 1.14 bits per heavy atom. The molecule has 1 aromatic carbocycles. The fourth-order valence-corrected chi connectivity index (χ4v) is 3.99. The van der Waals surface area contributed by atoms with Gasteiger partial charge in [0.25, 0.3) is 0 Å². The number of aliphatic hydroxyl groups is 1. The molecule has 22 heavy (non-hydrogen) atoms. The number of benzene rings is 1. The van der Waals surface area contributed by atoms with E-state index in [-0.39, 0.29) is 23.8 Å². The number of carbonyl (C=O) groups is 1. The molecule has 2 fully saturated rings. The van der Waals surface area contributed by atoms with Crippen LogP contribution in [0.4, 0.5) is 0 Å². The molecule has 1 amide bonds. The molecule has 1 heterocycles. The van der Waals surface area contributed by atoms with Crippen molar-refractivity contribution in [3.63, 3.8) is 0 Å². The number of β-amino-alcohol motifs (C(OH)–C–C–N with tert-alkyl or cyclic N) is 1. The summed E-state index contributed by atoms with van der Waals surface area (Å²) in [6.07, 6.45) is 6.85. The average molecular weight is 303 g/mol. The first-order valence-electron chi connectivity index (χ1n) is 8.39. The van der Waals surface area contributed by atoms with Crippen molar-refractivity contribution in [2.45, 2.75) is 57.1 Å². The maximum absolute atomic E-state index is 12.7. The van der Waals surface area contributed by atoms with E-state index in [2.05, 4.69) is 0 Å². The summed E-state index contributed by atoms with van der Waals surface area (Å²) >= 11 is 0. The number of carbonyl (C=O) groups excluding carboxylic acids is 1. The van der Waals surface area contributed by atoms with Gasteiger partial charge in [0, 0.05) is 12.6 Å². The first-order valence-corrected chi connectivity index (χ1v) is 8.39. The Bertz CT molecular complexity index is 508. The number of likely N-dealkylation sites (tertiary alicyclic amines) is 1. The van der Waals surface area contributed by atoms with Crippen molar-refractivity contribution < 1.29 is 15.0 Å². The van der Waals surface area contributed by atoms with Crippen molar-refractivity contribution in [3.05, 3.63) is 29.8 Å². The number of amides is 1. The summed E-state index contributed by atoms with van der Waals surface area (Å²) in [5, 5.41) is 19.3. The van der Waals surface area contributed by atoms with Crippen LogP contribution in [0.3, 0.4) is 0 Å². The number of hydrogen-bond donors (Lipinski definition) is 2. The van der Waals surface area contributed by atoms with Gasteiger partial charge in [0.15, 0.2) is 0 Å². The zero-order valence-corrected chi connectivity index (χ0v) is 12.9. The van der Waals surface area contributed by atoms with Crippen molar-refractivity contribution in [2.24, 2.45) is 5.92 Å². The molecule has 1 aliphatic heterocycles. The molecule has 0 spiro atoms. The van der Waals surface area contributed by atoms with Gasteiger partial charge in [0.2, 0.25) is 5.91 Å². The molecule has 0 aromatic heterocycles. The molecular formula is C18H25NO3. The van der Waals surface area contributed by atoms with Gasteiger partial charge in [-0.1, -0.05) is 31.4 Å². The minimum absolute atomic E-state index is 0.0952. The predicted octanol–water partition coefficient (Wildman–Crippen LogP) is 2.48. The molecule has 4 nitrogen and oxygen atoms in total. The Balaban J connectivity index is 1.67. The molecule has 0 unspecified atom stereocenters. The van der Waals surface area contributed by atoms with Crippen LogP contribution in [-0.4, -0.2) is 39.7 Å². The summed E-state index contributed by atoms with van der Waals surface area (Å²) in [5.41, 5.74) is 0.909. The second kappa shape index (κ2) is 6.69. The third kappa shape index (κ3) is 3.43. The van der Waals surface area contributed by atoms with Crippen LogP contribution in [-0.2, 0) is 11.2 Å². The van der Waals surface area contributed by atoms with E-state index in [0.29, 0.717) is 18.9 Å². The van der Waals surface area contributed by atoms with E-state index in [1.807, 2.05) is 4.90 Å². The molecule has 1 aromatic rings. The van der Waals surface area contributed by atoms with Crippen LogP contribution in [0, 0.1) is 5.92 Å². The Kier molecular flexibility index (Phi) is 4.67. The molecule has 0 radical (unpaired) electrons. The summed E-state index contributed by atoms with van der Waals surface area (Å²) in [6.45, 7) is 0.470. The molecule has 2 atom stereocenters. The highest BCUT2D eigenvalue weighted by molar-refractivity contribution is 5.79.